The monoisotopic (exact) mass is 300 g/mol. The van der Waals surface area contributed by atoms with E-state index in [-0.39, 0.29) is 11.1 Å². The fourth-order valence-electron chi connectivity index (χ4n) is 1.78. The van der Waals surface area contributed by atoms with Crippen LogP contribution in [0.4, 0.5) is 11.5 Å². The van der Waals surface area contributed by atoms with E-state index in [1.807, 2.05) is 13.0 Å². The van der Waals surface area contributed by atoms with Gasteiger partial charge in [-0.1, -0.05) is 17.7 Å². The Morgan fingerprint density at radius 2 is 2.10 bits per heavy atom. The van der Waals surface area contributed by atoms with E-state index in [1.165, 1.54) is 6.07 Å². The third kappa shape index (κ3) is 3.50. The number of hydrogen-bond donors (Lipinski definition) is 2. The predicted molar refractivity (Wildman–Crippen MR) is 82.6 cm³/mol. The maximum Gasteiger partial charge on any atom is 0.255 e. The molecule has 2 aromatic rings. The second-order valence-electron chi connectivity index (χ2n) is 4.41. The van der Waals surface area contributed by atoms with E-state index in [0.717, 1.165) is 5.56 Å². The Balaban J connectivity index is 2.30. The summed E-state index contributed by atoms with van der Waals surface area (Å²) in [5, 5.41) is 14.8. The summed E-state index contributed by atoms with van der Waals surface area (Å²) in [5.41, 5.74) is 2.34. The zero-order chi connectivity index (χ0) is 15.4. The molecule has 0 saturated heterocycles. The number of nitriles is 1. The van der Waals surface area contributed by atoms with Gasteiger partial charge < -0.3 is 10.6 Å². The molecule has 2 N–H and O–H groups in total. The van der Waals surface area contributed by atoms with E-state index in [0.29, 0.717) is 22.6 Å². The van der Waals surface area contributed by atoms with Crippen molar-refractivity contribution < 1.29 is 4.79 Å². The molecule has 21 heavy (non-hydrogen) atoms. The van der Waals surface area contributed by atoms with Crippen molar-refractivity contribution in [2.45, 2.75) is 6.92 Å². The Morgan fingerprint density at radius 1 is 1.33 bits per heavy atom. The lowest BCUT2D eigenvalue weighted by Crippen LogP contribution is -2.13. The van der Waals surface area contributed by atoms with Crippen LogP contribution in [0.3, 0.4) is 0 Å². The summed E-state index contributed by atoms with van der Waals surface area (Å²) in [6.07, 6.45) is 0. The van der Waals surface area contributed by atoms with Gasteiger partial charge in [0.2, 0.25) is 0 Å². The summed E-state index contributed by atoms with van der Waals surface area (Å²) in [6, 6.07) is 10.3. The molecule has 1 amide bonds. The van der Waals surface area contributed by atoms with E-state index >= 15 is 0 Å². The number of hydrogen-bond acceptors (Lipinski definition) is 4. The minimum absolute atomic E-state index is 0.231. The second kappa shape index (κ2) is 6.25. The largest absolute Gasteiger partial charge is 0.373 e. The van der Waals surface area contributed by atoms with Gasteiger partial charge in [-0.15, -0.1) is 0 Å². The molecule has 0 spiro atoms. The van der Waals surface area contributed by atoms with Crippen LogP contribution in [0, 0.1) is 18.3 Å². The highest BCUT2D eigenvalue weighted by molar-refractivity contribution is 6.30. The second-order valence-corrected chi connectivity index (χ2v) is 4.80. The van der Waals surface area contributed by atoms with Crippen molar-refractivity contribution in [1.29, 1.82) is 5.26 Å². The number of nitrogens with zero attached hydrogens (tertiary/aromatic N) is 2. The first-order valence-corrected chi connectivity index (χ1v) is 6.58. The third-order valence-corrected chi connectivity index (χ3v) is 3.12. The van der Waals surface area contributed by atoms with E-state index in [9.17, 15) is 4.79 Å². The number of halogens is 1. The van der Waals surface area contributed by atoms with Crippen molar-refractivity contribution in [3.05, 3.63) is 52.2 Å². The van der Waals surface area contributed by atoms with Crippen LogP contribution in [-0.4, -0.2) is 17.9 Å². The first kappa shape index (κ1) is 14.8. The maximum absolute atomic E-state index is 12.3. The molecule has 0 radical (unpaired) electrons. The minimum Gasteiger partial charge on any atom is -0.373 e. The quantitative estimate of drug-likeness (QED) is 0.853. The topological polar surface area (TPSA) is 77.8 Å². The normalized spacial score (nSPS) is 9.81. The molecule has 0 saturated carbocycles. The third-order valence-electron chi connectivity index (χ3n) is 2.93. The summed E-state index contributed by atoms with van der Waals surface area (Å²) < 4.78 is 0. The molecule has 0 unspecified atom stereocenters. The average Bonchev–Trinajstić information content (AvgIpc) is 2.48. The predicted octanol–water partition coefficient (Wildman–Crippen LogP) is 3.21. The lowest BCUT2D eigenvalue weighted by atomic mass is 10.1. The van der Waals surface area contributed by atoms with Crippen molar-refractivity contribution in [2.24, 2.45) is 0 Å². The van der Waals surface area contributed by atoms with Gasteiger partial charge in [-0.3, -0.25) is 4.79 Å². The molecule has 1 heterocycles. The van der Waals surface area contributed by atoms with E-state index < -0.39 is 0 Å². The fourth-order valence-corrected chi connectivity index (χ4v) is 1.99. The van der Waals surface area contributed by atoms with Gasteiger partial charge >= 0.3 is 0 Å². The summed E-state index contributed by atoms with van der Waals surface area (Å²) in [7, 11) is 1.70. The van der Waals surface area contributed by atoms with Gasteiger partial charge in [0.15, 0.2) is 0 Å². The van der Waals surface area contributed by atoms with Gasteiger partial charge in [0.25, 0.3) is 5.91 Å². The van der Waals surface area contributed by atoms with Crippen molar-refractivity contribution >= 4 is 29.0 Å². The number of rotatable bonds is 3. The Hall–Kier alpha value is -2.58. The number of carbonyl (C=O) groups is 1. The highest BCUT2D eigenvalue weighted by Gasteiger charge is 2.11. The lowest BCUT2D eigenvalue weighted by Gasteiger charge is -2.10. The number of nitrogens with one attached hydrogen (secondary N) is 2. The fraction of sp³-hybridized carbons (Fsp3) is 0.133. The summed E-state index contributed by atoms with van der Waals surface area (Å²) in [6.45, 7) is 1.86. The van der Waals surface area contributed by atoms with Crippen molar-refractivity contribution in [3.63, 3.8) is 0 Å². The number of anilines is 2. The first-order chi connectivity index (χ1) is 10.0. The molecular formula is C15H13ClN4O. The van der Waals surface area contributed by atoms with Crippen LogP contribution in [-0.2, 0) is 0 Å². The lowest BCUT2D eigenvalue weighted by molar-refractivity contribution is 0.102. The number of benzene rings is 1. The summed E-state index contributed by atoms with van der Waals surface area (Å²) in [5.74, 6) is 0.198. The molecule has 1 aromatic carbocycles. The van der Waals surface area contributed by atoms with Crippen molar-refractivity contribution in [2.75, 3.05) is 17.7 Å². The highest BCUT2D eigenvalue weighted by atomic mass is 35.5. The molecule has 5 nitrogen and oxygen atoms in total. The molecule has 6 heteroatoms. The van der Waals surface area contributed by atoms with Gasteiger partial charge in [0.05, 0.1) is 11.6 Å². The zero-order valence-electron chi connectivity index (χ0n) is 11.6. The molecule has 0 fully saturated rings. The van der Waals surface area contributed by atoms with Crippen LogP contribution in [0.15, 0.2) is 30.3 Å². The Bertz CT molecular complexity index is 737. The number of amides is 1. The number of aromatic nitrogens is 1. The van der Waals surface area contributed by atoms with Crippen LogP contribution in [0.2, 0.25) is 5.15 Å². The number of aryl methyl sites for hydroxylation is 1. The van der Waals surface area contributed by atoms with Gasteiger partial charge in [-0.2, -0.15) is 5.26 Å². The van der Waals surface area contributed by atoms with Gasteiger partial charge in [0.1, 0.15) is 11.0 Å². The Labute approximate surface area is 127 Å². The maximum atomic E-state index is 12.3. The van der Waals surface area contributed by atoms with Crippen LogP contribution in [0.5, 0.6) is 0 Å². The van der Waals surface area contributed by atoms with E-state index in [2.05, 4.69) is 15.6 Å². The molecule has 0 bridgehead atoms. The van der Waals surface area contributed by atoms with Crippen LogP contribution >= 0.6 is 11.6 Å². The summed E-state index contributed by atoms with van der Waals surface area (Å²) in [4.78, 5) is 16.3. The van der Waals surface area contributed by atoms with E-state index in [1.54, 1.807) is 31.3 Å². The minimum atomic E-state index is -0.311. The number of pyridine rings is 1. The Morgan fingerprint density at radius 3 is 2.76 bits per heavy atom. The zero-order valence-corrected chi connectivity index (χ0v) is 12.3. The molecule has 0 aliphatic heterocycles. The summed E-state index contributed by atoms with van der Waals surface area (Å²) >= 11 is 5.88. The van der Waals surface area contributed by atoms with Crippen LogP contribution in [0.1, 0.15) is 21.5 Å². The molecule has 0 aliphatic rings. The van der Waals surface area contributed by atoms with E-state index in [4.69, 9.17) is 16.9 Å². The standard InChI is InChI=1S/C15H13ClN4O/c1-9-3-4-10(8-17)5-12(9)19-15(21)11-6-13(16)20-14(7-11)18-2/h3-7H,1-2H3,(H,18,20)(H,19,21). The van der Waals surface area contributed by atoms with Crippen molar-refractivity contribution in [1.82, 2.24) is 4.98 Å². The van der Waals surface area contributed by atoms with Gasteiger partial charge in [0, 0.05) is 18.3 Å². The molecule has 106 valence electrons. The smallest absolute Gasteiger partial charge is 0.255 e. The molecular weight excluding hydrogens is 288 g/mol. The molecule has 0 aliphatic carbocycles. The number of carbonyl (C=O) groups excluding carboxylic acids is 1. The Kier molecular flexibility index (Phi) is 4.41. The van der Waals surface area contributed by atoms with Crippen LogP contribution in [0.25, 0.3) is 0 Å². The first-order valence-electron chi connectivity index (χ1n) is 6.21. The SMILES string of the molecule is CNc1cc(C(=O)Nc2cc(C#N)ccc2C)cc(Cl)n1. The molecule has 0 atom stereocenters. The van der Waals surface area contributed by atoms with Gasteiger partial charge in [-0.25, -0.2) is 4.98 Å². The molecule has 2 rings (SSSR count). The van der Waals surface area contributed by atoms with Gasteiger partial charge in [-0.05, 0) is 36.8 Å². The highest BCUT2D eigenvalue weighted by Crippen LogP contribution is 2.19. The van der Waals surface area contributed by atoms with Crippen LogP contribution < -0.4 is 10.6 Å². The van der Waals surface area contributed by atoms with Crippen molar-refractivity contribution in [3.8, 4) is 6.07 Å². The average molecular weight is 301 g/mol. The molecule has 1 aromatic heterocycles.